The quantitative estimate of drug-likeness (QED) is 0.371. The first-order valence-corrected chi connectivity index (χ1v) is 9.67. The Bertz CT molecular complexity index is 1070. The highest BCUT2D eigenvalue weighted by Gasteiger charge is 2.42. The minimum absolute atomic E-state index is 0.0500. The number of nitro benzene ring substituents is 1. The van der Waals surface area contributed by atoms with E-state index in [-0.39, 0.29) is 29.2 Å². The molecule has 31 heavy (non-hydrogen) atoms. The fraction of sp³-hybridized carbons (Fsp3) is 0.211. The molecule has 1 heterocycles. The number of imide groups is 1. The number of rotatable bonds is 7. The zero-order valence-electron chi connectivity index (χ0n) is 16.4. The number of phenols is 1. The van der Waals surface area contributed by atoms with Crippen LogP contribution in [-0.2, 0) is 9.59 Å². The molecule has 0 bridgehead atoms. The van der Waals surface area contributed by atoms with Crippen LogP contribution in [0.3, 0.4) is 0 Å². The molecule has 1 unspecified atom stereocenters. The third-order valence-electron chi connectivity index (χ3n) is 4.39. The standard InChI is InChI=1S/C19H17N3O8S/c1-29-11-4-6-13(15(8-11)30-2)21-18(25)16(31-19(21)26)9-17(24)20-12-5-3-10(22(27)28)7-14(12)23/h3-8,16,23H,9H2,1-2H3,(H,20,24). The van der Waals surface area contributed by atoms with Gasteiger partial charge in [-0.3, -0.25) is 24.5 Å². The number of anilines is 2. The van der Waals surface area contributed by atoms with Crippen molar-refractivity contribution in [3.8, 4) is 17.2 Å². The van der Waals surface area contributed by atoms with Gasteiger partial charge in [0.15, 0.2) is 0 Å². The number of nitrogens with zero attached hydrogens (tertiary/aromatic N) is 2. The minimum atomic E-state index is -0.987. The van der Waals surface area contributed by atoms with Gasteiger partial charge in [-0.25, -0.2) is 4.90 Å². The molecule has 12 heteroatoms. The van der Waals surface area contributed by atoms with Gasteiger partial charge in [0.05, 0.1) is 36.6 Å². The average molecular weight is 447 g/mol. The minimum Gasteiger partial charge on any atom is -0.506 e. The normalized spacial score (nSPS) is 15.7. The smallest absolute Gasteiger partial charge is 0.293 e. The fourth-order valence-electron chi connectivity index (χ4n) is 2.88. The molecule has 3 amide bonds. The number of amides is 3. The molecule has 1 atom stereocenters. The van der Waals surface area contributed by atoms with Gasteiger partial charge in [0, 0.05) is 18.6 Å². The molecule has 0 aliphatic carbocycles. The van der Waals surface area contributed by atoms with Gasteiger partial charge in [0.2, 0.25) is 11.8 Å². The lowest BCUT2D eigenvalue weighted by Gasteiger charge is -2.18. The number of thioether (sulfide) groups is 1. The highest BCUT2D eigenvalue weighted by molar-refractivity contribution is 8.15. The van der Waals surface area contributed by atoms with Crippen LogP contribution in [0, 0.1) is 10.1 Å². The number of phenolic OH excluding ortho intramolecular Hbond substituents is 1. The Morgan fingerprint density at radius 1 is 1.23 bits per heavy atom. The lowest BCUT2D eigenvalue weighted by Crippen LogP contribution is -2.33. The fourth-order valence-corrected chi connectivity index (χ4v) is 3.86. The van der Waals surface area contributed by atoms with Crippen molar-refractivity contribution in [2.24, 2.45) is 0 Å². The summed E-state index contributed by atoms with van der Waals surface area (Å²) >= 11 is 0.693. The number of methoxy groups -OCH3 is 2. The average Bonchev–Trinajstić information content (AvgIpc) is 3.01. The molecule has 0 aromatic heterocycles. The van der Waals surface area contributed by atoms with Crippen LogP contribution in [0.1, 0.15) is 6.42 Å². The second-order valence-corrected chi connectivity index (χ2v) is 7.45. The van der Waals surface area contributed by atoms with Crippen LogP contribution in [-0.4, -0.2) is 46.6 Å². The molecule has 0 radical (unpaired) electrons. The summed E-state index contributed by atoms with van der Waals surface area (Å²) in [6, 6.07) is 7.79. The molecule has 1 saturated heterocycles. The maximum Gasteiger partial charge on any atom is 0.293 e. The summed E-state index contributed by atoms with van der Waals surface area (Å²) in [5.41, 5.74) is -0.167. The number of benzene rings is 2. The van der Waals surface area contributed by atoms with Crippen molar-refractivity contribution >= 4 is 45.9 Å². The molecule has 0 saturated carbocycles. The number of non-ortho nitro benzene ring substituents is 1. The van der Waals surface area contributed by atoms with Gasteiger partial charge in [-0.05, 0) is 30.0 Å². The molecular formula is C19H17N3O8S. The van der Waals surface area contributed by atoms with Crippen molar-refractivity contribution in [2.45, 2.75) is 11.7 Å². The number of ether oxygens (including phenoxy) is 2. The van der Waals surface area contributed by atoms with Gasteiger partial charge < -0.3 is 19.9 Å². The lowest BCUT2D eigenvalue weighted by molar-refractivity contribution is -0.384. The molecular weight excluding hydrogens is 430 g/mol. The third kappa shape index (κ3) is 4.53. The van der Waals surface area contributed by atoms with Crippen LogP contribution in [0.25, 0.3) is 0 Å². The Morgan fingerprint density at radius 2 is 1.97 bits per heavy atom. The Kier molecular flexibility index (Phi) is 6.30. The molecule has 1 aliphatic heterocycles. The molecule has 2 aromatic carbocycles. The van der Waals surface area contributed by atoms with Crippen molar-refractivity contribution in [2.75, 3.05) is 24.4 Å². The van der Waals surface area contributed by atoms with E-state index in [1.807, 2.05) is 0 Å². The number of nitrogens with one attached hydrogen (secondary N) is 1. The van der Waals surface area contributed by atoms with E-state index in [1.165, 1.54) is 32.4 Å². The SMILES string of the molecule is COc1ccc(N2C(=O)SC(CC(=O)Nc3ccc([N+](=O)[O-])cc3O)C2=O)c(OC)c1. The number of hydrogen-bond acceptors (Lipinski definition) is 9. The first-order valence-electron chi connectivity index (χ1n) is 8.79. The van der Waals surface area contributed by atoms with Crippen LogP contribution < -0.4 is 19.7 Å². The van der Waals surface area contributed by atoms with E-state index in [1.54, 1.807) is 6.07 Å². The van der Waals surface area contributed by atoms with Crippen molar-refractivity contribution in [1.82, 2.24) is 0 Å². The second kappa shape index (κ2) is 8.92. The van der Waals surface area contributed by atoms with Gasteiger partial charge in [-0.15, -0.1) is 0 Å². The van der Waals surface area contributed by atoms with E-state index in [0.717, 1.165) is 17.0 Å². The summed E-state index contributed by atoms with van der Waals surface area (Å²) < 4.78 is 10.3. The zero-order valence-corrected chi connectivity index (χ0v) is 17.2. The molecule has 0 spiro atoms. The highest BCUT2D eigenvalue weighted by atomic mass is 32.2. The predicted octanol–water partition coefficient (Wildman–Crippen LogP) is 2.91. The van der Waals surface area contributed by atoms with Gasteiger partial charge in [-0.1, -0.05) is 0 Å². The molecule has 2 aromatic rings. The summed E-state index contributed by atoms with van der Waals surface area (Å²) in [6.07, 6.45) is -0.347. The van der Waals surface area contributed by atoms with E-state index < -0.39 is 33.0 Å². The summed E-state index contributed by atoms with van der Waals surface area (Å²) in [7, 11) is 2.85. The maximum absolute atomic E-state index is 12.8. The maximum atomic E-state index is 12.8. The highest BCUT2D eigenvalue weighted by Crippen LogP contribution is 2.40. The summed E-state index contributed by atoms with van der Waals surface area (Å²) in [5, 5.41) is 21.4. The third-order valence-corrected chi connectivity index (χ3v) is 5.42. The number of nitro groups is 1. The molecule has 2 N–H and O–H groups in total. The van der Waals surface area contributed by atoms with E-state index in [2.05, 4.69) is 5.32 Å². The van der Waals surface area contributed by atoms with Crippen molar-refractivity contribution < 1.29 is 33.9 Å². The molecule has 162 valence electrons. The topological polar surface area (TPSA) is 148 Å². The summed E-state index contributed by atoms with van der Waals surface area (Å²) in [5.74, 6) is -1.00. The zero-order chi connectivity index (χ0) is 22.7. The number of carbonyl (C=O) groups excluding carboxylic acids is 3. The van der Waals surface area contributed by atoms with Crippen molar-refractivity contribution in [1.29, 1.82) is 0 Å². The monoisotopic (exact) mass is 447 g/mol. The van der Waals surface area contributed by atoms with Crippen LogP contribution >= 0.6 is 11.8 Å². The van der Waals surface area contributed by atoms with Crippen LogP contribution in [0.5, 0.6) is 17.2 Å². The number of carbonyl (C=O) groups is 3. The van der Waals surface area contributed by atoms with Crippen LogP contribution in [0.4, 0.5) is 21.9 Å². The lowest BCUT2D eigenvalue weighted by atomic mass is 10.2. The molecule has 1 aliphatic rings. The predicted molar refractivity (Wildman–Crippen MR) is 112 cm³/mol. The molecule has 11 nitrogen and oxygen atoms in total. The van der Waals surface area contributed by atoms with Crippen LogP contribution in [0.2, 0.25) is 0 Å². The first kappa shape index (κ1) is 21.9. The molecule has 1 fully saturated rings. The number of hydrogen-bond donors (Lipinski definition) is 2. The van der Waals surface area contributed by atoms with Gasteiger partial charge in [0.1, 0.15) is 22.5 Å². The van der Waals surface area contributed by atoms with E-state index in [4.69, 9.17) is 9.47 Å². The Hall–Kier alpha value is -3.80. The summed E-state index contributed by atoms with van der Waals surface area (Å²) in [6.45, 7) is 0. The second-order valence-electron chi connectivity index (χ2n) is 6.29. The first-order chi connectivity index (χ1) is 14.7. The van der Waals surface area contributed by atoms with E-state index in [0.29, 0.717) is 17.5 Å². The van der Waals surface area contributed by atoms with Gasteiger partial charge in [-0.2, -0.15) is 0 Å². The molecule has 3 rings (SSSR count). The largest absolute Gasteiger partial charge is 0.506 e. The van der Waals surface area contributed by atoms with Gasteiger partial charge >= 0.3 is 0 Å². The van der Waals surface area contributed by atoms with Crippen molar-refractivity contribution in [3.63, 3.8) is 0 Å². The van der Waals surface area contributed by atoms with Crippen molar-refractivity contribution in [3.05, 3.63) is 46.5 Å². The van der Waals surface area contributed by atoms with E-state index in [9.17, 15) is 29.6 Å². The Morgan fingerprint density at radius 3 is 2.58 bits per heavy atom. The van der Waals surface area contributed by atoms with Crippen LogP contribution in [0.15, 0.2) is 36.4 Å². The Labute approximate surface area is 180 Å². The van der Waals surface area contributed by atoms with E-state index >= 15 is 0 Å². The number of aromatic hydroxyl groups is 1. The van der Waals surface area contributed by atoms with Gasteiger partial charge in [0.25, 0.3) is 10.9 Å². The Balaban J connectivity index is 1.73. The summed E-state index contributed by atoms with van der Waals surface area (Å²) in [4.78, 5) is 48.6.